The molecule has 2 N–H and O–H groups in total. The number of halogens is 1. The van der Waals surface area contributed by atoms with E-state index < -0.39 is 0 Å². The van der Waals surface area contributed by atoms with Gasteiger partial charge in [-0.3, -0.25) is 0 Å². The maximum absolute atomic E-state index is 12.9. The number of nitrogens with one attached hydrogen (secondary N) is 2. The highest BCUT2D eigenvalue weighted by Crippen LogP contribution is 2.13. The Labute approximate surface area is 125 Å². The number of hydrogen-bond donors (Lipinski definition) is 2. The number of pyridine rings is 1. The van der Waals surface area contributed by atoms with Crippen LogP contribution >= 0.6 is 0 Å². The zero-order valence-corrected chi connectivity index (χ0v) is 12.6. The SMILES string of the molecule is CCCNc1cccc(NC(C)Cc2ccc(F)cc2)n1. The van der Waals surface area contributed by atoms with Crippen molar-refractivity contribution in [2.45, 2.75) is 32.7 Å². The van der Waals surface area contributed by atoms with Crippen molar-refractivity contribution < 1.29 is 4.39 Å². The highest BCUT2D eigenvalue weighted by molar-refractivity contribution is 5.45. The molecule has 1 heterocycles. The Bertz CT molecular complexity index is 554. The summed E-state index contributed by atoms with van der Waals surface area (Å²) in [5.41, 5.74) is 1.11. The van der Waals surface area contributed by atoms with Gasteiger partial charge in [-0.2, -0.15) is 0 Å². The molecule has 1 aromatic heterocycles. The molecule has 2 rings (SSSR count). The number of nitrogens with zero attached hydrogens (tertiary/aromatic N) is 1. The predicted octanol–water partition coefficient (Wildman–Crippen LogP) is 4.09. The van der Waals surface area contributed by atoms with E-state index in [0.717, 1.165) is 36.6 Å². The lowest BCUT2D eigenvalue weighted by Gasteiger charge is -2.15. The van der Waals surface area contributed by atoms with Gasteiger partial charge < -0.3 is 10.6 Å². The first-order chi connectivity index (χ1) is 10.2. The third-order valence-corrected chi connectivity index (χ3v) is 3.15. The Morgan fingerprint density at radius 3 is 2.52 bits per heavy atom. The first-order valence-electron chi connectivity index (χ1n) is 7.39. The fraction of sp³-hybridized carbons (Fsp3) is 0.353. The average molecular weight is 287 g/mol. The molecule has 0 saturated carbocycles. The lowest BCUT2D eigenvalue weighted by atomic mass is 10.1. The number of aromatic nitrogens is 1. The number of benzene rings is 1. The van der Waals surface area contributed by atoms with Crippen LogP contribution in [-0.2, 0) is 6.42 Å². The van der Waals surface area contributed by atoms with E-state index in [1.54, 1.807) is 0 Å². The summed E-state index contributed by atoms with van der Waals surface area (Å²) in [4.78, 5) is 4.52. The minimum absolute atomic E-state index is 0.198. The summed E-state index contributed by atoms with van der Waals surface area (Å²) in [7, 11) is 0. The van der Waals surface area contributed by atoms with Gasteiger partial charge in [0, 0.05) is 12.6 Å². The van der Waals surface area contributed by atoms with Crippen LogP contribution in [-0.4, -0.2) is 17.6 Å². The molecule has 0 aliphatic heterocycles. The average Bonchev–Trinajstić information content (AvgIpc) is 2.48. The maximum atomic E-state index is 12.9. The van der Waals surface area contributed by atoms with Crippen LogP contribution in [0.5, 0.6) is 0 Å². The summed E-state index contributed by atoms with van der Waals surface area (Å²) in [6.45, 7) is 5.14. The zero-order chi connectivity index (χ0) is 15.1. The van der Waals surface area contributed by atoms with Gasteiger partial charge in [0.25, 0.3) is 0 Å². The summed E-state index contributed by atoms with van der Waals surface area (Å²) in [6.07, 6.45) is 1.90. The van der Waals surface area contributed by atoms with Gasteiger partial charge in [-0.05, 0) is 49.6 Å². The van der Waals surface area contributed by atoms with E-state index >= 15 is 0 Å². The first-order valence-corrected chi connectivity index (χ1v) is 7.39. The van der Waals surface area contributed by atoms with E-state index in [2.05, 4.69) is 29.5 Å². The molecule has 1 unspecified atom stereocenters. The Balaban J connectivity index is 1.92. The van der Waals surface area contributed by atoms with Crippen LogP contribution in [0.15, 0.2) is 42.5 Å². The first kappa shape index (κ1) is 15.3. The third-order valence-electron chi connectivity index (χ3n) is 3.15. The second-order valence-corrected chi connectivity index (χ2v) is 5.21. The molecular weight excluding hydrogens is 265 g/mol. The fourth-order valence-electron chi connectivity index (χ4n) is 2.14. The number of rotatable bonds is 7. The van der Waals surface area contributed by atoms with E-state index in [1.165, 1.54) is 12.1 Å². The Kier molecular flexibility index (Phi) is 5.55. The van der Waals surface area contributed by atoms with Crippen LogP contribution in [0.25, 0.3) is 0 Å². The summed E-state index contributed by atoms with van der Waals surface area (Å²) in [5.74, 6) is 1.54. The summed E-state index contributed by atoms with van der Waals surface area (Å²) in [6, 6.07) is 12.8. The number of anilines is 2. The van der Waals surface area contributed by atoms with Crippen molar-refractivity contribution >= 4 is 11.6 Å². The van der Waals surface area contributed by atoms with Crippen molar-refractivity contribution in [2.75, 3.05) is 17.2 Å². The molecule has 0 spiro atoms. The van der Waals surface area contributed by atoms with Crippen molar-refractivity contribution in [3.8, 4) is 0 Å². The molecule has 0 saturated heterocycles. The van der Waals surface area contributed by atoms with Crippen molar-refractivity contribution in [3.05, 3.63) is 53.8 Å². The molecule has 21 heavy (non-hydrogen) atoms. The standard InChI is InChI=1S/C17H22FN3/c1-3-11-19-16-5-4-6-17(21-16)20-13(2)12-14-7-9-15(18)10-8-14/h4-10,13H,3,11-12H2,1-2H3,(H2,19,20,21). The van der Waals surface area contributed by atoms with Gasteiger partial charge in [0.1, 0.15) is 17.5 Å². The molecule has 0 radical (unpaired) electrons. The molecule has 3 nitrogen and oxygen atoms in total. The van der Waals surface area contributed by atoms with E-state index in [1.807, 2.05) is 30.3 Å². The van der Waals surface area contributed by atoms with E-state index in [-0.39, 0.29) is 11.9 Å². The minimum Gasteiger partial charge on any atom is -0.370 e. The van der Waals surface area contributed by atoms with Crippen LogP contribution in [0, 0.1) is 5.82 Å². The molecule has 0 fully saturated rings. The number of hydrogen-bond acceptors (Lipinski definition) is 3. The fourth-order valence-corrected chi connectivity index (χ4v) is 2.14. The third kappa shape index (κ3) is 5.06. The predicted molar refractivity (Wildman–Crippen MR) is 86.2 cm³/mol. The van der Waals surface area contributed by atoms with Crippen molar-refractivity contribution in [1.29, 1.82) is 0 Å². The highest BCUT2D eigenvalue weighted by atomic mass is 19.1. The van der Waals surface area contributed by atoms with Crippen LogP contribution in [0.4, 0.5) is 16.0 Å². The summed E-state index contributed by atoms with van der Waals surface area (Å²) < 4.78 is 12.9. The Morgan fingerprint density at radius 1 is 1.10 bits per heavy atom. The molecule has 1 atom stereocenters. The zero-order valence-electron chi connectivity index (χ0n) is 12.6. The monoisotopic (exact) mass is 287 g/mol. The van der Waals surface area contributed by atoms with Crippen LogP contribution in [0.1, 0.15) is 25.8 Å². The minimum atomic E-state index is -0.198. The van der Waals surface area contributed by atoms with Crippen LogP contribution < -0.4 is 10.6 Å². The van der Waals surface area contributed by atoms with Gasteiger partial charge in [0.15, 0.2) is 0 Å². The Morgan fingerprint density at radius 2 is 1.81 bits per heavy atom. The van der Waals surface area contributed by atoms with Gasteiger partial charge in [0.05, 0.1) is 0 Å². The molecular formula is C17H22FN3. The van der Waals surface area contributed by atoms with E-state index in [0.29, 0.717) is 0 Å². The van der Waals surface area contributed by atoms with Gasteiger partial charge in [0.2, 0.25) is 0 Å². The van der Waals surface area contributed by atoms with E-state index in [4.69, 9.17) is 0 Å². The molecule has 0 amide bonds. The lowest BCUT2D eigenvalue weighted by Crippen LogP contribution is -2.19. The smallest absolute Gasteiger partial charge is 0.128 e. The molecule has 0 aliphatic carbocycles. The summed E-state index contributed by atoms with van der Waals surface area (Å²) >= 11 is 0. The second kappa shape index (κ2) is 7.62. The summed E-state index contributed by atoms with van der Waals surface area (Å²) in [5, 5.41) is 6.65. The van der Waals surface area contributed by atoms with Crippen molar-refractivity contribution in [3.63, 3.8) is 0 Å². The molecule has 4 heteroatoms. The Hall–Kier alpha value is -2.10. The van der Waals surface area contributed by atoms with Gasteiger partial charge in [-0.25, -0.2) is 9.37 Å². The molecule has 1 aromatic carbocycles. The topological polar surface area (TPSA) is 37.0 Å². The van der Waals surface area contributed by atoms with Crippen molar-refractivity contribution in [1.82, 2.24) is 4.98 Å². The lowest BCUT2D eigenvalue weighted by molar-refractivity contribution is 0.626. The van der Waals surface area contributed by atoms with Crippen LogP contribution in [0.3, 0.4) is 0 Å². The van der Waals surface area contributed by atoms with Gasteiger partial charge >= 0.3 is 0 Å². The largest absolute Gasteiger partial charge is 0.370 e. The van der Waals surface area contributed by atoms with Gasteiger partial charge in [-0.1, -0.05) is 25.1 Å². The van der Waals surface area contributed by atoms with Crippen molar-refractivity contribution in [2.24, 2.45) is 0 Å². The van der Waals surface area contributed by atoms with Crippen LogP contribution in [0.2, 0.25) is 0 Å². The maximum Gasteiger partial charge on any atom is 0.128 e. The normalized spacial score (nSPS) is 12.0. The second-order valence-electron chi connectivity index (χ2n) is 5.21. The molecule has 112 valence electrons. The molecule has 0 bridgehead atoms. The molecule has 0 aliphatic rings. The highest BCUT2D eigenvalue weighted by Gasteiger charge is 2.05. The molecule has 2 aromatic rings. The van der Waals surface area contributed by atoms with E-state index in [9.17, 15) is 4.39 Å². The van der Waals surface area contributed by atoms with Gasteiger partial charge in [-0.15, -0.1) is 0 Å². The quantitative estimate of drug-likeness (QED) is 0.805.